The van der Waals surface area contributed by atoms with Crippen molar-refractivity contribution in [3.63, 3.8) is 0 Å². The fourth-order valence-electron chi connectivity index (χ4n) is 10.2. The fraction of sp³-hybridized carbons (Fsp3) is 0.700. The van der Waals surface area contributed by atoms with Crippen molar-refractivity contribution in [2.45, 2.75) is 44.9 Å². The highest BCUT2D eigenvalue weighted by Gasteiger charge is 2.54. The molecule has 2 aliphatic heterocycles. The van der Waals surface area contributed by atoms with E-state index >= 15 is 0 Å². The van der Waals surface area contributed by atoms with Crippen LogP contribution < -0.4 is 0 Å². The van der Waals surface area contributed by atoms with Gasteiger partial charge in [0.25, 0.3) is 0 Å². The Balaban J connectivity index is 1.14. The van der Waals surface area contributed by atoms with E-state index in [4.69, 9.17) is 13.6 Å². The Morgan fingerprint density at radius 2 is 0.984 bits per heavy atom. The fourth-order valence-corrected chi connectivity index (χ4v) is 11.5. The molecule has 2 saturated heterocycles. The van der Waals surface area contributed by atoms with Gasteiger partial charge in [-0.3, -0.25) is 66.1 Å². The summed E-state index contributed by atoms with van der Waals surface area (Å²) < 4.78 is 59.4. The number of Topliss-reactive ketones (excluding diaryl/α,β-unsaturated/α-hetero) is 2. The van der Waals surface area contributed by atoms with Crippen LogP contribution in [0.1, 0.15) is 44.9 Å². The SMILES string of the molecule is COP(=O)(O)OCCC1C=CCC2C(=O)N(CCN(CCC3C(=O)C4CC=CC(CCOP(C)(=O)O)C4C3=O)CCN3C(=O)C4CC=CC(CCOP(=O)(O)OC)C4C3=O)C(=O)C12. The van der Waals surface area contributed by atoms with E-state index in [0.29, 0.717) is 19.3 Å². The third kappa shape index (κ3) is 11.6. The van der Waals surface area contributed by atoms with Gasteiger partial charge >= 0.3 is 23.2 Å². The molecule has 13 unspecified atom stereocenters. The van der Waals surface area contributed by atoms with Gasteiger partial charge in [-0.2, -0.15) is 0 Å². The minimum atomic E-state index is -4.25. The Bertz CT molecular complexity index is 1930. The molecule has 0 aromatic carbocycles. The van der Waals surface area contributed by atoms with Crippen LogP contribution in [0.4, 0.5) is 0 Å². The molecule has 350 valence electrons. The number of nitrogens with zero attached hydrogens (tertiary/aromatic N) is 3. The van der Waals surface area contributed by atoms with E-state index < -0.39 is 88.3 Å². The van der Waals surface area contributed by atoms with Crippen molar-refractivity contribution in [1.29, 1.82) is 0 Å². The molecule has 0 spiro atoms. The number of likely N-dealkylation sites (tertiary alicyclic amines) is 2. The average Bonchev–Trinajstić information content (AvgIpc) is 3.75. The maximum Gasteiger partial charge on any atom is 0.471 e. The molecule has 3 N–H and O–H groups in total. The van der Waals surface area contributed by atoms with Crippen LogP contribution in [-0.4, -0.2) is 138 Å². The number of ketones is 2. The van der Waals surface area contributed by atoms with Gasteiger partial charge in [-0.15, -0.1) is 0 Å². The van der Waals surface area contributed by atoms with Crippen molar-refractivity contribution < 1.29 is 79.8 Å². The van der Waals surface area contributed by atoms with E-state index in [1.807, 2.05) is 17.1 Å². The lowest BCUT2D eigenvalue weighted by Gasteiger charge is -2.28. The summed E-state index contributed by atoms with van der Waals surface area (Å²) in [4.78, 5) is 116. The third-order valence-corrected chi connectivity index (χ3v) is 15.9. The monoisotopic (exact) mass is 945 g/mol. The minimum absolute atomic E-state index is 0.0608. The van der Waals surface area contributed by atoms with Crippen molar-refractivity contribution >= 4 is 58.4 Å². The highest BCUT2D eigenvalue weighted by molar-refractivity contribution is 7.51. The minimum Gasteiger partial charge on any atom is -0.324 e. The first kappa shape index (κ1) is 49.6. The smallest absolute Gasteiger partial charge is 0.324 e. The summed E-state index contributed by atoms with van der Waals surface area (Å²) in [7, 11) is -10.2. The normalized spacial score (nSPS) is 33.2. The maximum absolute atomic E-state index is 14.0. The molecule has 4 amide bonds. The van der Waals surface area contributed by atoms with Crippen molar-refractivity contribution in [2.24, 2.45) is 59.2 Å². The van der Waals surface area contributed by atoms with E-state index in [0.717, 1.165) is 20.9 Å². The Morgan fingerprint density at radius 3 is 1.41 bits per heavy atom. The Hall–Kier alpha value is -2.83. The molecule has 0 aromatic heterocycles. The second-order valence-corrected chi connectivity index (χ2v) is 22.0. The van der Waals surface area contributed by atoms with Gasteiger partial charge in [0.15, 0.2) is 0 Å². The highest BCUT2D eigenvalue weighted by atomic mass is 31.2. The average molecular weight is 946 g/mol. The number of allylic oxidation sites excluding steroid dienone is 6. The van der Waals surface area contributed by atoms with Gasteiger partial charge in [0, 0.05) is 58.9 Å². The lowest BCUT2D eigenvalue weighted by atomic mass is 9.76. The van der Waals surface area contributed by atoms with E-state index in [1.165, 1.54) is 9.80 Å². The molecule has 2 heterocycles. The predicted octanol–water partition coefficient (Wildman–Crippen LogP) is 3.14. The molecule has 1 saturated carbocycles. The van der Waals surface area contributed by atoms with Gasteiger partial charge in [0.2, 0.25) is 23.6 Å². The number of imide groups is 2. The molecule has 6 aliphatic rings. The topological polar surface area (TPSA) is 270 Å². The maximum atomic E-state index is 14.0. The molecule has 20 nitrogen and oxygen atoms in total. The summed E-state index contributed by atoms with van der Waals surface area (Å²) in [6, 6.07) is 0. The molecule has 4 aliphatic carbocycles. The number of carbonyl (C=O) groups is 6. The molecule has 0 bridgehead atoms. The van der Waals surface area contributed by atoms with Crippen LogP contribution in [0, 0.1) is 59.2 Å². The zero-order chi connectivity index (χ0) is 45.9. The number of hydrogen-bond donors (Lipinski definition) is 3. The molecule has 6 rings (SSSR count). The third-order valence-electron chi connectivity index (χ3n) is 13.3. The number of carbonyl (C=O) groups excluding carboxylic acids is 6. The van der Waals surface area contributed by atoms with Crippen LogP contribution in [-0.2, 0) is 65.1 Å². The van der Waals surface area contributed by atoms with E-state index in [1.54, 1.807) is 24.3 Å². The molecule has 23 heteroatoms. The molecular formula is C40H58N3O17P3. The van der Waals surface area contributed by atoms with Crippen molar-refractivity contribution in [2.75, 3.05) is 73.4 Å². The van der Waals surface area contributed by atoms with Crippen LogP contribution >= 0.6 is 23.2 Å². The van der Waals surface area contributed by atoms with Crippen LogP contribution in [0.5, 0.6) is 0 Å². The first-order valence-electron chi connectivity index (χ1n) is 21.3. The van der Waals surface area contributed by atoms with E-state index in [9.17, 15) is 57.1 Å². The number of hydrogen-bond acceptors (Lipinski definition) is 15. The van der Waals surface area contributed by atoms with Gasteiger partial charge in [-0.25, -0.2) is 9.13 Å². The van der Waals surface area contributed by atoms with Crippen molar-refractivity contribution in [1.82, 2.24) is 14.7 Å². The molecule has 3 fully saturated rings. The van der Waals surface area contributed by atoms with Gasteiger partial charge in [0.05, 0.1) is 49.4 Å². The lowest BCUT2D eigenvalue weighted by Crippen LogP contribution is -2.44. The van der Waals surface area contributed by atoms with Gasteiger partial charge in [0.1, 0.15) is 11.6 Å². The molecule has 0 aromatic rings. The Labute approximate surface area is 366 Å². The van der Waals surface area contributed by atoms with E-state index in [2.05, 4.69) is 9.05 Å². The van der Waals surface area contributed by atoms with Crippen LogP contribution in [0.2, 0.25) is 0 Å². The first-order valence-corrected chi connectivity index (χ1v) is 26.3. The summed E-state index contributed by atoms with van der Waals surface area (Å²) in [6.07, 6.45) is 12.7. The van der Waals surface area contributed by atoms with Gasteiger partial charge in [-0.1, -0.05) is 36.5 Å². The van der Waals surface area contributed by atoms with Crippen molar-refractivity contribution in [3.8, 4) is 0 Å². The zero-order valence-corrected chi connectivity index (χ0v) is 38.3. The molecule has 13 atom stereocenters. The predicted molar refractivity (Wildman–Crippen MR) is 222 cm³/mol. The summed E-state index contributed by atoms with van der Waals surface area (Å²) in [5.74, 6) is -8.16. The first-order chi connectivity index (χ1) is 29.8. The quantitative estimate of drug-likeness (QED) is 0.0575. The van der Waals surface area contributed by atoms with E-state index in [-0.39, 0.29) is 108 Å². The lowest BCUT2D eigenvalue weighted by molar-refractivity contribution is -0.141. The summed E-state index contributed by atoms with van der Waals surface area (Å²) in [5, 5.41) is 0. The van der Waals surface area contributed by atoms with Crippen LogP contribution in [0.25, 0.3) is 0 Å². The molecule has 0 radical (unpaired) electrons. The number of amides is 4. The van der Waals surface area contributed by atoms with Crippen molar-refractivity contribution in [3.05, 3.63) is 36.5 Å². The van der Waals surface area contributed by atoms with Crippen LogP contribution in [0.15, 0.2) is 36.5 Å². The zero-order valence-electron chi connectivity index (χ0n) is 35.6. The largest absolute Gasteiger partial charge is 0.471 e. The number of phosphoric ester groups is 2. The number of fused-ring (bicyclic) bond motifs is 3. The van der Waals surface area contributed by atoms with Crippen LogP contribution in [0.3, 0.4) is 0 Å². The highest BCUT2D eigenvalue weighted by Crippen LogP contribution is 2.47. The number of rotatable bonds is 23. The Kier molecular flexibility index (Phi) is 16.4. The summed E-state index contributed by atoms with van der Waals surface area (Å²) >= 11 is 0. The molecule has 63 heavy (non-hydrogen) atoms. The summed E-state index contributed by atoms with van der Waals surface area (Å²) in [6.45, 7) is 0.820. The van der Waals surface area contributed by atoms with Gasteiger partial charge < -0.3 is 19.2 Å². The second-order valence-electron chi connectivity index (χ2n) is 17.0. The molecular weight excluding hydrogens is 887 g/mol. The van der Waals surface area contributed by atoms with Gasteiger partial charge in [-0.05, 0) is 69.2 Å². The Morgan fingerprint density at radius 1 is 0.571 bits per heavy atom. The standard InChI is InChI=1S/C40H58N3O17P3/c1-56-62(52,53)59-23-15-26-8-5-11-29-33(26)39(48)42(37(29)46)20-18-41(17-13-31-35(44)28-10-4-7-25(32(28)36(31)45)14-22-58-61(3,50)51)19-21-43-38(47)30-12-6-9-27(34(30)40(43)49)16-24-60-63(54,55)57-2/h4-9,25-34H,10-24H2,1-3H3,(H,50,51)(H,52,53)(H,54,55). The second kappa shape index (κ2) is 20.8. The number of phosphoric acid groups is 2. The summed E-state index contributed by atoms with van der Waals surface area (Å²) in [5.41, 5.74) is 0.